The van der Waals surface area contributed by atoms with Crippen LogP contribution in [-0.2, 0) is 0 Å². The molecule has 1 aromatic heterocycles. The van der Waals surface area contributed by atoms with Gasteiger partial charge in [0.25, 0.3) is 0 Å². The molecule has 1 aliphatic heterocycles. The lowest BCUT2D eigenvalue weighted by Crippen LogP contribution is -2.41. The minimum atomic E-state index is -0.123. The zero-order valence-corrected chi connectivity index (χ0v) is 11.6. The molecule has 0 amide bonds. The Morgan fingerprint density at radius 2 is 1.95 bits per heavy atom. The predicted molar refractivity (Wildman–Crippen MR) is 73.8 cm³/mol. The molecular formula is C15H15N3O2. The number of ketones is 2. The van der Waals surface area contributed by atoms with Crippen molar-refractivity contribution >= 4 is 11.6 Å². The van der Waals surface area contributed by atoms with E-state index in [4.69, 9.17) is 0 Å². The highest BCUT2D eigenvalue weighted by atomic mass is 16.1. The van der Waals surface area contributed by atoms with Crippen LogP contribution < -0.4 is 0 Å². The Balaban J connectivity index is 2.24. The van der Waals surface area contributed by atoms with E-state index in [0.717, 1.165) is 0 Å². The molecule has 0 aromatic carbocycles. The summed E-state index contributed by atoms with van der Waals surface area (Å²) in [6, 6.07) is 1.61. The van der Waals surface area contributed by atoms with Gasteiger partial charge in [-0.05, 0) is 6.07 Å². The molecule has 5 nitrogen and oxygen atoms in total. The fourth-order valence-corrected chi connectivity index (χ4v) is 2.64. The maximum Gasteiger partial charge on any atom is 0.212 e. The molecule has 3 rings (SSSR count). The van der Waals surface area contributed by atoms with Gasteiger partial charge in [0.2, 0.25) is 5.78 Å². The van der Waals surface area contributed by atoms with Crippen LogP contribution in [0.1, 0.15) is 27.6 Å². The topological polar surface area (TPSA) is 53.5 Å². The second kappa shape index (κ2) is 4.38. The summed E-state index contributed by atoms with van der Waals surface area (Å²) < 4.78 is 0. The van der Waals surface area contributed by atoms with E-state index in [1.807, 2.05) is 33.3 Å². The van der Waals surface area contributed by atoms with Gasteiger partial charge in [-0.1, -0.05) is 13.0 Å². The van der Waals surface area contributed by atoms with Gasteiger partial charge in [0.15, 0.2) is 5.78 Å². The van der Waals surface area contributed by atoms with Gasteiger partial charge in [-0.3, -0.25) is 19.6 Å². The Hall–Kier alpha value is -2.27. The molecule has 0 N–H and O–H groups in total. The fourth-order valence-electron chi connectivity index (χ4n) is 2.64. The van der Waals surface area contributed by atoms with Crippen molar-refractivity contribution < 1.29 is 9.59 Å². The van der Waals surface area contributed by atoms with Crippen LogP contribution in [-0.4, -0.2) is 40.7 Å². The SMILES string of the molecule is C[C@@H]1C=CN(N(C)C)C2=C1C(=O)c1cnccc1C2=O. The van der Waals surface area contributed by atoms with Crippen molar-refractivity contribution in [3.63, 3.8) is 0 Å². The Kier molecular flexibility index (Phi) is 2.79. The molecule has 2 heterocycles. The maximum atomic E-state index is 12.7. The Bertz CT molecular complexity index is 673. The van der Waals surface area contributed by atoms with E-state index in [1.165, 1.54) is 12.4 Å². The van der Waals surface area contributed by atoms with E-state index in [1.54, 1.807) is 16.1 Å². The number of Topliss-reactive ketones (excluding diaryl/α,β-unsaturated/α-hetero) is 2. The van der Waals surface area contributed by atoms with Crippen LogP contribution in [0.15, 0.2) is 42.0 Å². The van der Waals surface area contributed by atoms with E-state index in [2.05, 4.69) is 4.98 Å². The minimum absolute atomic E-state index is 0.0778. The summed E-state index contributed by atoms with van der Waals surface area (Å²) in [6.45, 7) is 1.92. The Labute approximate surface area is 117 Å². The first-order valence-electron chi connectivity index (χ1n) is 6.44. The molecule has 5 heteroatoms. The molecule has 20 heavy (non-hydrogen) atoms. The molecule has 1 atom stereocenters. The van der Waals surface area contributed by atoms with Crippen molar-refractivity contribution in [1.29, 1.82) is 0 Å². The van der Waals surface area contributed by atoms with Crippen LogP contribution in [0.5, 0.6) is 0 Å². The minimum Gasteiger partial charge on any atom is -0.289 e. The summed E-state index contributed by atoms with van der Waals surface area (Å²) in [4.78, 5) is 29.3. The van der Waals surface area contributed by atoms with Gasteiger partial charge < -0.3 is 0 Å². The van der Waals surface area contributed by atoms with Crippen molar-refractivity contribution in [1.82, 2.24) is 15.0 Å². The van der Waals surface area contributed by atoms with Gasteiger partial charge in [0, 0.05) is 49.7 Å². The summed E-state index contributed by atoms with van der Waals surface area (Å²) in [5.41, 5.74) is 1.83. The van der Waals surface area contributed by atoms with Gasteiger partial charge in [-0.2, -0.15) is 0 Å². The molecule has 0 radical (unpaired) electrons. The molecule has 1 aromatic rings. The summed E-state index contributed by atoms with van der Waals surface area (Å²) in [7, 11) is 3.68. The number of hydrogen-bond donors (Lipinski definition) is 0. The first kappa shape index (κ1) is 12.7. The van der Waals surface area contributed by atoms with E-state index in [0.29, 0.717) is 22.4 Å². The summed E-state index contributed by atoms with van der Waals surface area (Å²) in [5.74, 6) is -0.306. The number of nitrogens with zero attached hydrogens (tertiary/aromatic N) is 3. The zero-order valence-electron chi connectivity index (χ0n) is 11.6. The van der Waals surface area contributed by atoms with Crippen LogP contribution in [0.25, 0.3) is 0 Å². The zero-order chi connectivity index (χ0) is 14.4. The molecule has 0 saturated heterocycles. The first-order valence-corrected chi connectivity index (χ1v) is 6.44. The van der Waals surface area contributed by atoms with Crippen molar-refractivity contribution in [2.24, 2.45) is 5.92 Å². The smallest absolute Gasteiger partial charge is 0.212 e. The number of pyridine rings is 1. The van der Waals surface area contributed by atoms with Crippen LogP contribution in [0.3, 0.4) is 0 Å². The second-order valence-electron chi connectivity index (χ2n) is 5.16. The average Bonchev–Trinajstić information content (AvgIpc) is 2.44. The Morgan fingerprint density at radius 3 is 2.65 bits per heavy atom. The molecule has 0 unspecified atom stereocenters. The number of hydrazine groups is 1. The molecule has 0 spiro atoms. The number of carbonyl (C=O) groups is 2. The maximum absolute atomic E-state index is 12.7. The third-order valence-electron chi connectivity index (χ3n) is 3.66. The van der Waals surface area contributed by atoms with Gasteiger partial charge in [0.1, 0.15) is 5.70 Å². The molecule has 1 aliphatic carbocycles. The molecule has 2 aliphatic rings. The average molecular weight is 269 g/mol. The van der Waals surface area contributed by atoms with E-state index in [9.17, 15) is 9.59 Å². The van der Waals surface area contributed by atoms with E-state index < -0.39 is 0 Å². The normalized spacial score (nSPS) is 21.4. The summed E-state index contributed by atoms with van der Waals surface area (Å²) in [6.07, 6.45) is 6.77. The number of aromatic nitrogens is 1. The largest absolute Gasteiger partial charge is 0.289 e. The Morgan fingerprint density at radius 1 is 1.20 bits per heavy atom. The molecular weight excluding hydrogens is 254 g/mol. The van der Waals surface area contributed by atoms with Crippen LogP contribution in [0, 0.1) is 5.92 Å². The third-order valence-corrected chi connectivity index (χ3v) is 3.66. The van der Waals surface area contributed by atoms with Gasteiger partial charge >= 0.3 is 0 Å². The van der Waals surface area contributed by atoms with Crippen LogP contribution in [0.2, 0.25) is 0 Å². The quantitative estimate of drug-likeness (QED) is 0.776. The fraction of sp³-hybridized carbons (Fsp3) is 0.267. The van der Waals surface area contributed by atoms with Gasteiger partial charge in [-0.25, -0.2) is 5.01 Å². The molecule has 0 bridgehead atoms. The highest BCUT2D eigenvalue weighted by Crippen LogP contribution is 2.35. The summed E-state index contributed by atoms with van der Waals surface area (Å²) >= 11 is 0. The molecule has 102 valence electrons. The van der Waals surface area contributed by atoms with Gasteiger partial charge in [-0.15, -0.1) is 0 Å². The van der Waals surface area contributed by atoms with Crippen molar-refractivity contribution in [2.75, 3.05) is 14.1 Å². The highest BCUT2D eigenvalue weighted by Gasteiger charge is 2.38. The molecule has 0 fully saturated rings. The lowest BCUT2D eigenvalue weighted by atomic mass is 9.81. The number of fused-ring (bicyclic) bond motifs is 1. The van der Waals surface area contributed by atoms with Gasteiger partial charge in [0.05, 0.1) is 5.56 Å². The lowest BCUT2D eigenvalue weighted by molar-refractivity contribution is 0.0782. The van der Waals surface area contributed by atoms with Crippen molar-refractivity contribution in [3.8, 4) is 0 Å². The lowest BCUT2D eigenvalue weighted by Gasteiger charge is -2.36. The second-order valence-corrected chi connectivity index (χ2v) is 5.16. The first-order chi connectivity index (χ1) is 9.52. The van der Waals surface area contributed by atoms with Crippen LogP contribution in [0.4, 0.5) is 0 Å². The number of hydrogen-bond acceptors (Lipinski definition) is 5. The number of carbonyl (C=O) groups excluding carboxylic acids is 2. The highest BCUT2D eigenvalue weighted by molar-refractivity contribution is 6.27. The molecule has 0 saturated carbocycles. The summed E-state index contributed by atoms with van der Waals surface area (Å²) in [5, 5.41) is 3.51. The van der Waals surface area contributed by atoms with Crippen molar-refractivity contribution in [3.05, 3.63) is 53.1 Å². The monoisotopic (exact) mass is 269 g/mol. The standard InChI is InChI=1S/C15H15N3O2/c1-9-5-7-18(17(2)3)13-12(9)14(19)11-8-16-6-4-10(11)15(13)20/h4-9H,1-3H3/t9-/m1/s1. The van der Waals surface area contributed by atoms with E-state index in [-0.39, 0.29) is 17.5 Å². The number of rotatable bonds is 1. The van der Waals surface area contributed by atoms with E-state index >= 15 is 0 Å². The number of allylic oxidation sites excluding steroid dienone is 3. The third kappa shape index (κ3) is 1.63. The predicted octanol–water partition coefficient (Wildman–Crippen LogP) is 1.66. The van der Waals surface area contributed by atoms with Crippen LogP contribution >= 0.6 is 0 Å². The van der Waals surface area contributed by atoms with Crippen molar-refractivity contribution in [2.45, 2.75) is 6.92 Å².